The minimum absolute atomic E-state index is 0.475. The second-order valence-corrected chi connectivity index (χ2v) is 6.42. The van der Waals surface area contributed by atoms with Gasteiger partial charge < -0.3 is 14.2 Å². The Kier molecular flexibility index (Phi) is 5.43. The molecule has 0 saturated heterocycles. The average Bonchev–Trinajstić information content (AvgIpc) is 3.13. The summed E-state index contributed by atoms with van der Waals surface area (Å²) in [6.45, 7) is 2.43. The van der Waals surface area contributed by atoms with E-state index in [-0.39, 0.29) is 0 Å². The summed E-state index contributed by atoms with van der Waals surface area (Å²) in [5.74, 6) is 2.80. The van der Waals surface area contributed by atoms with Crippen LogP contribution in [0.2, 0.25) is 0 Å². The molecule has 4 aromatic heterocycles. The molecule has 148 valence electrons. The molecule has 10 heteroatoms. The molecule has 0 aromatic carbocycles. The standard InChI is InChI=1S/C19H19N7O2S/c1-4-28-15-9-5-7-12(22-15)17-24-16-19(23-14(11-21-16)25-29-3)26(17)18-13(27-2)8-6-10-20-18/h5-11H,4H2,1-3H3,(H,23,25). The van der Waals surface area contributed by atoms with Crippen molar-refractivity contribution in [3.05, 3.63) is 42.7 Å². The van der Waals surface area contributed by atoms with Crippen molar-refractivity contribution in [3.63, 3.8) is 0 Å². The van der Waals surface area contributed by atoms with Crippen LogP contribution in [0.25, 0.3) is 28.6 Å². The van der Waals surface area contributed by atoms with Gasteiger partial charge in [0.1, 0.15) is 5.69 Å². The van der Waals surface area contributed by atoms with Gasteiger partial charge in [-0.15, -0.1) is 0 Å². The van der Waals surface area contributed by atoms with Crippen LogP contribution in [0.3, 0.4) is 0 Å². The molecular weight excluding hydrogens is 390 g/mol. The quantitative estimate of drug-likeness (QED) is 0.460. The highest BCUT2D eigenvalue weighted by Gasteiger charge is 2.21. The number of rotatable bonds is 7. The van der Waals surface area contributed by atoms with Crippen molar-refractivity contribution in [1.82, 2.24) is 29.5 Å². The maximum Gasteiger partial charge on any atom is 0.213 e. The lowest BCUT2D eigenvalue weighted by molar-refractivity contribution is 0.327. The highest BCUT2D eigenvalue weighted by atomic mass is 32.2. The smallest absolute Gasteiger partial charge is 0.213 e. The first-order valence-electron chi connectivity index (χ1n) is 8.89. The number of hydrogen-bond donors (Lipinski definition) is 1. The first-order chi connectivity index (χ1) is 14.2. The maximum atomic E-state index is 5.55. The largest absolute Gasteiger partial charge is 0.493 e. The van der Waals surface area contributed by atoms with Gasteiger partial charge in [-0.3, -0.25) is 4.57 Å². The molecule has 9 nitrogen and oxygen atoms in total. The fourth-order valence-corrected chi connectivity index (χ4v) is 3.16. The van der Waals surface area contributed by atoms with Crippen LogP contribution in [-0.4, -0.2) is 49.5 Å². The van der Waals surface area contributed by atoms with Crippen LogP contribution in [0.4, 0.5) is 5.82 Å². The molecule has 0 unspecified atom stereocenters. The topological polar surface area (TPSA) is 99.9 Å². The van der Waals surface area contributed by atoms with Gasteiger partial charge in [-0.1, -0.05) is 18.0 Å². The van der Waals surface area contributed by atoms with E-state index in [1.54, 1.807) is 30.1 Å². The van der Waals surface area contributed by atoms with Gasteiger partial charge in [-0.05, 0) is 25.1 Å². The van der Waals surface area contributed by atoms with Gasteiger partial charge in [0.15, 0.2) is 34.5 Å². The van der Waals surface area contributed by atoms with Gasteiger partial charge in [0.2, 0.25) is 5.88 Å². The van der Waals surface area contributed by atoms with Crippen LogP contribution in [-0.2, 0) is 0 Å². The third-order valence-corrected chi connectivity index (χ3v) is 4.42. The number of pyridine rings is 2. The van der Waals surface area contributed by atoms with Gasteiger partial charge in [-0.2, -0.15) is 0 Å². The van der Waals surface area contributed by atoms with Crippen molar-refractivity contribution in [2.45, 2.75) is 6.92 Å². The SMILES string of the molecule is CCOc1cccc(-c2nc3ncc(NSC)nc3n2-c2ncccc2OC)n1. The van der Waals surface area contributed by atoms with Crippen LogP contribution < -0.4 is 14.2 Å². The Morgan fingerprint density at radius 3 is 2.79 bits per heavy atom. The maximum absolute atomic E-state index is 5.55. The number of hydrogen-bond acceptors (Lipinski definition) is 9. The Balaban J connectivity index is 2.00. The third kappa shape index (κ3) is 3.66. The second kappa shape index (κ2) is 8.31. The van der Waals surface area contributed by atoms with Gasteiger partial charge >= 0.3 is 0 Å². The zero-order valence-electron chi connectivity index (χ0n) is 16.2. The lowest BCUT2D eigenvalue weighted by Crippen LogP contribution is -2.05. The Hall–Kier alpha value is -3.40. The Labute approximate surface area is 171 Å². The van der Waals surface area contributed by atoms with Gasteiger partial charge in [-0.25, -0.2) is 24.9 Å². The number of nitrogens with zero attached hydrogens (tertiary/aromatic N) is 6. The molecule has 0 bridgehead atoms. The highest BCUT2D eigenvalue weighted by Crippen LogP contribution is 2.30. The van der Waals surface area contributed by atoms with Crippen molar-refractivity contribution in [1.29, 1.82) is 0 Å². The van der Waals surface area contributed by atoms with Gasteiger partial charge in [0.25, 0.3) is 0 Å². The van der Waals surface area contributed by atoms with E-state index in [1.165, 1.54) is 11.9 Å². The first-order valence-corrected chi connectivity index (χ1v) is 10.1. The van der Waals surface area contributed by atoms with Crippen LogP contribution in [0, 0.1) is 0 Å². The van der Waals surface area contributed by atoms with Gasteiger partial charge in [0.05, 0.1) is 19.9 Å². The molecule has 0 radical (unpaired) electrons. The minimum atomic E-state index is 0.475. The molecule has 4 rings (SSSR count). The predicted octanol–water partition coefficient (Wildman–Crippen LogP) is 3.37. The zero-order valence-corrected chi connectivity index (χ0v) is 17.0. The molecule has 0 atom stereocenters. The fourth-order valence-electron chi connectivity index (χ4n) is 2.86. The minimum Gasteiger partial charge on any atom is -0.493 e. The number of ether oxygens (including phenoxy) is 2. The summed E-state index contributed by atoms with van der Waals surface area (Å²) in [6.07, 6.45) is 5.24. The molecule has 4 heterocycles. The molecule has 0 amide bonds. The van der Waals surface area contributed by atoms with Crippen molar-refractivity contribution >= 4 is 29.1 Å². The molecule has 0 aliphatic rings. The van der Waals surface area contributed by atoms with Crippen LogP contribution >= 0.6 is 11.9 Å². The van der Waals surface area contributed by atoms with E-state index in [9.17, 15) is 0 Å². The number of aromatic nitrogens is 6. The molecule has 0 saturated carbocycles. The molecule has 0 aliphatic carbocycles. The highest BCUT2D eigenvalue weighted by molar-refractivity contribution is 7.99. The van der Waals surface area contributed by atoms with Crippen molar-refractivity contribution in [3.8, 4) is 29.0 Å². The Bertz CT molecular complexity index is 1150. The number of nitrogens with one attached hydrogen (secondary N) is 1. The average molecular weight is 409 g/mol. The van der Waals surface area contributed by atoms with Crippen molar-refractivity contribution < 1.29 is 9.47 Å². The van der Waals surface area contributed by atoms with E-state index in [0.717, 1.165) is 0 Å². The second-order valence-electron chi connectivity index (χ2n) is 5.80. The molecule has 1 N–H and O–H groups in total. The lowest BCUT2D eigenvalue weighted by Gasteiger charge is -2.12. The number of methoxy groups -OCH3 is 1. The van der Waals surface area contributed by atoms with Gasteiger partial charge in [0, 0.05) is 18.5 Å². The third-order valence-electron chi connectivity index (χ3n) is 4.00. The summed E-state index contributed by atoms with van der Waals surface area (Å²) in [5.41, 5.74) is 1.63. The summed E-state index contributed by atoms with van der Waals surface area (Å²) in [4.78, 5) is 22.9. The van der Waals surface area contributed by atoms with Crippen molar-refractivity contribution in [2.24, 2.45) is 0 Å². The van der Waals surface area contributed by atoms with E-state index < -0.39 is 0 Å². The molecule has 0 aliphatic heterocycles. The zero-order chi connectivity index (χ0) is 20.2. The normalized spacial score (nSPS) is 10.9. The van der Waals surface area contributed by atoms with E-state index in [2.05, 4.69) is 29.6 Å². The predicted molar refractivity (Wildman–Crippen MR) is 113 cm³/mol. The summed E-state index contributed by atoms with van der Waals surface area (Å²) in [5, 5.41) is 0. The number of imidazole rings is 1. The first kappa shape index (κ1) is 18.9. The molecule has 0 spiro atoms. The van der Waals surface area contributed by atoms with Crippen LogP contribution in [0.5, 0.6) is 11.6 Å². The van der Waals surface area contributed by atoms with E-state index in [4.69, 9.17) is 9.47 Å². The van der Waals surface area contributed by atoms with E-state index in [0.29, 0.717) is 52.7 Å². The summed E-state index contributed by atoms with van der Waals surface area (Å²) >= 11 is 1.43. The molecule has 29 heavy (non-hydrogen) atoms. The van der Waals surface area contributed by atoms with E-state index >= 15 is 0 Å². The van der Waals surface area contributed by atoms with E-state index in [1.807, 2.05) is 37.4 Å². The summed E-state index contributed by atoms with van der Waals surface area (Å²) in [7, 11) is 1.60. The Morgan fingerprint density at radius 1 is 1.10 bits per heavy atom. The number of anilines is 1. The summed E-state index contributed by atoms with van der Waals surface area (Å²) < 4.78 is 16.0. The van der Waals surface area contributed by atoms with Crippen LogP contribution in [0.15, 0.2) is 42.7 Å². The molecular formula is C19H19N7O2S. The Morgan fingerprint density at radius 2 is 2.00 bits per heavy atom. The van der Waals surface area contributed by atoms with Crippen molar-refractivity contribution in [2.75, 3.05) is 24.7 Å². The molecule has 4 aromatic rings. The number of fused-ring (bicyclic) bond motifs is 1. The molecule has 0 fully saturated rings. The monoisotopic (exact) mass is 409 g/mol. The van der Waals surface area contributed by atoms with Crippen LogP contribution in [0.1, 0.15) is 6.92 Å². The fraction of sp³-hybridized carbons (Fsp3) is 0.211. The lowest BCUT2D eigenvalue weighted by atomic mass is 10.3. The summed E-state index contributed by atoms with van der Waals surface area (Å²) in [6, 6.07) is 9.17.